The van der Waals surface area contributed by atoms with Crippen molar-refractivity contribution in [2.45, 2.75) is 5.03 Å². The lowest BCUT2D eigenvalue weighted by Crippen LogP contribution is -2.49. The second-order valence-corrected chi connectivity index (χ2v) is 6.49. The first-order valence-corrected chi connectivity index (χ1v) is 8.71. The summed E-state index contributed by atoms with van der Waals surface area (Å²) in [4.78, 5) is 16.2. The maximum absolute atomic E-state index is 13.0. The minimum absolute atomic E-state index is 0.0302. The Morgan fingerprint density at radius 2 is 1.83 bits per heavy atom. The molecule has 0 radical (unpaired) electrons. The van der Waals surface area contributed by atoms with E-state index in [1.54, 1.807) is 30.3 Å². The van der Waals surface area contributed by atoms with Gasteiger partial charge in [0.15, 0.2) is 6.20 Å². The molecular weight excluding hydrogens is 329 g/mol. The largest absolute Gasteiger partial charge is 0.618 e. The van der Waals surface area contributed by atoms with Crippen LogP contribution < -0.4 is 9.63 Å². The van der Waals surface area contributed by atoms with Gasteiger partial charge in [-0.05, 0) is 42.1 Å². The third-order valence-corrected chi connectivity index (χ3v) is 4.96. The van der Waals surface area contributed by atoms with Crippen molar-refractivity contribution in [3.05, 3.63) is 59.7 Å². The molecule has 24 heavy (non-hydrogen) atoms. The lowest BCUT2D eigenvalue weighted by molar-refractivity contribution is -0.645. The van der Waals surface area contributed by atoms with E-state index in [0.29, 0.717) is 18.1 Å². The van der Waals surface area contributed by atoms with Crippen molar-refractivity contribution >= 4 is 23.4 Å². The molecule has 1 amide bonds. The Labute approximate surface area is 144 Å². The molecular formula is C17H18FN3O2S. The van der Waals surface area contributed by atoms with Crippen LogP contribution >= 0.6 is 11.8 Å². The van der Waals surface area contributed by atoms with Gasteiger partial charge in [-0.25, -0.2) is 4.39 Å². The molecule has 0 saturated carbocycles. The summed E-state index contributed by atoms with van der Waals surface area (Å²) in [7, 11) is 0. The molecule has 2 aromatic rings. The van der Waals surface area contributed by atoms with Gasteiger partial charge in [0.1, 0.15) is 5.82 Å². The van der Waals surface area contributed by atoms with E-state index in [1.807, 2.05) is 4.90 Å². The minimum Gasteiger partial charge on any atom is -0.618 e. The van der Waals surface area contributed by atoms with Gasteiger partial charge in [0.05, 0.1) is 5.75 Å². The standard InChI is InChI=1S/C17H18FN3O2S/c18-14-4-6-15(7-5-14)19-9-11-20(12-10-19)16(22)13-24-17-3-1-2-8-21(17)23/h1-8H,9-13H2. The van der Waals surface area contributed by atoms with Crippen LogP contribution in [-0.2, 0) is 4.79 Å². The van der Waals surface area contributed by atoms with E-state index in [9.17, 15) is 14.4 Å². The number of thioether (sulfide) groups is 1. The minimum atomic E-state index is -0.249. The summed E-state index contributed by atoms with van der Waals surface area (Å²) in [6.45, 7) is 2.69. The topological polar surface area (TPSA) is 50.5 Å². The maximum atomic E-state index is 13.0. The predicted molar refractivity (Wildman–Crippen MR) is 91.3 cm³/mol. The van der Waals surface area contributed by atoms with Crippen molar-refractivity contribution in [1.29, 1.82) is 0 Å². The first-order chi connectivity index (χ1) is 11.6. The maximum Gasteiger partial charge on any atom is 0.251 e. The normalized spacial score (nSPS) is 14.7. The van der Waals surface area contributed by atoms with Gasteiger partial charge in [0, 0.05) is 44.0 Å². The Kier molecular flexibility index (Phi) is 5.20. The zero-order chi connectivity index (χ0) is 16.9. The zero-order valence-corrected chi connectivity index (χ0v) is 13.9. The second kappa shape index (κ2) is 7.53. The van der Waals surface area contributed by atoms with Crippen LogP contribution in [0.15, 0.2) is 53.7 Å². The number of rotatable bonds is 4. The average Bonchev–Trinajstić information content (AvgIpc) is 2.62. The fraction of sp³-hybridized carbons (Fsp3) is 0.294. The number of amides is 1. The van der Waals surface area contributed by atoms with E-state index in [0.717, 1.165) is 23.5 Å². The molecule has 0 N–H and O–H groups in total. The van der Waals surface area contributed by atoms with E-state index < -0.39 is 0 Å². The number of aromatic nitrogens is 1. The molecule has 5 nitrogen and oxygen atoms in total. The van der Waals surface area contributed by atoms with Crippen molar-refractivity contribution in [3.63, 3.8) is 0 Å². The molecule has 0 aliphatic carbocycles. The van der Waals surface area contributed by atoms with Gasteiger partial charge >= 0.3 is 0 Å². The summed E-state index contributed by atoms with van der Waals surface area (Å²) >= 11 is 1.25. The van der Waals surface area contributed by atoms with Crippen LogP contribution in [0.3, 0.4) is 0 Å². The molecule has 1 aromatic carbocycles. The highest BCUT2D eigenvalue weighted by Gasteiger charge is 2.22. The van der Waals surface area contributed by atoms with Gasteiger partial charge in [0.2, 0.25) is 5.91 Å². The quantitative estimate of drug-likeness (QED) is 0.482. The first kappa shape index (κ1) is 16.6. The number of pyridine rings is 1. The molecule has 1 aliphatic heterocycles. The third-order valence-electron chi connectivity index (χ3n) is 3.96. The number of carbonyl (C=O) groups is 1. The Balaban J connectivity index is 1.50. The smallest absolute Gasteiger partial charge is 0.251 e. The summed E-state index contributed by atoms with van der Waals surface area (Å²) in [5.41, 5.74) is 0.967. The van der Waals surface area contributed by atoms with Gasteiger partial charge in [-0.2, -0.15) is 4.73 Å². The number of hydrogen-bond donors (Lipinski definition) is 0. The summed E-state index contributed by atoms with van der Waals surface area (Å²) in [5, 5.41) is 12.1. The highest BCUT2D eigenvalue weighted by atomic mass is 32.2. The molecule has 1 aliphatic rings. The van der Waals surface area contributed by atoms with E-state index in [4.69, 9.17) is 0 Å². The van der Waals surface area contributed by atoms with Gasteiger partial charge in [0.25, 0.3) is 5.03 Å². The molecule has 1 aromatic heterocycles. The van der Waals surface area contributed by atoms with Crippen molar-refractivity contribution < 1.29 is 13.9 Å². The highest BCUT2D eigenvalue weighted by Crippen LogP contribution is 2.18. The van der Waals surface area contributed by atoms with Crippen LogP contribution in [0.25, 0.3) is 0 Å². The molecule has 0 bridgehead atoms. The van der Waals surface area contributed by atoms with E-state index in [1.165, 1.54) is 30.1 Å². The van der Waals surface area contributed by atoms with Crippen LogP contribution in [-0.4, -0.2) is 42.7 Å². The second-order valence-electron chi connectivity index (χ2n) is 5.50. The molecule has 1 fully saturated rings. The van der Waals surface area contributed by atoms with Crippen LogP contribution in [0, 0.1) is 11.0 Å². The number of carbonyl (C=O) groups excluding carboxylic acids is 1. The molecule has 7 heteroatoms. The van der Waals surface area contributed by atoms with E-state index in [-0.39, 0.29) is 17.5 Å². The van der Waals surface area contributed by atoms with Crippen molar-refractivity contribution in [2.24, 2.45) is 0 Å². The van der Waals surface area contributed by atoms with Crippen molar-refractivity contribution in [2.75, 3.05) is 36.8 Å². The first-order valence-electron chi connectivity index (χ1n) is 7.73. The van der Waals surface area contributed by atoms with Crippen molar-refractivity contribution in [3.8, 4) is 0 Å². The Morgan fingerprint density at radius 1 is 1.12 bits per heavy atom. The van der Waals surface area contributed by atoms with Crippen LogP contribution in [0.4, 0.5) is 10.1 Å². The summed E-state index contributed by atoms with van der Waals surface area (Å²) in [6, 6.07) is 11.5. The molecule has 3 rings (SSSR count). The van der Waals surface area contributed by atoms with Gasteiger partial charge in [-0.3, -0.25) is 4.79 Å². The molecule has 2 heterocycles. The monoisotopic (exact) mass is 347 g/mol. The highest BCUT2D eigenvalue weighted by molar-refractivity contribution is 7.99. The summed E-state index contributed by atoms with van der Waals surface area (Å²) in [6.07, 6.45) is 1.42. The Hall–Kier alpha value is -2.28. The molecule has 0 atom stereocenters. The van der Waals surface area contributed by atoms with Crippen LogP contribution in [0.1, 0.15) is 0 Å². The van der Waals surface area contributed by atoms with Gasteiger partial charge in [-0.1, -0.05) is 0 Å². The fourth-order valence-electron chi connectivity index (χ4n) is 2.62. The molecule has 0 spiro atoms. The summed E-state index contributed by atoms with van der Waals surface area (Å²) < 4.78 is 13.7. The Morgan fingerprint density at radius 3 is 2.50 bits per heavy atom. The lowest BCUT2D eigenvalue weighted by Gasteiger charge is -2.36. The number of halogens is 1. The third kappa shape index (κ3) is 3.97. The van der Waals surface area contributed by atoms with E-state index in [2.05, 4.69) is 4.90 Å². The number of anilines is 1. The lowest BCUT2D eigenvalue weighted by atomic mass is 10.2. The summed E-state index contributed by atoms with van der Waals surface area (Å²) in [5.74, 6) is 0.0340. The van der Waals surface area contributed by atoms with E-state index >= 15 is 0 Å². The molecule has 126 valence electrons. The Bertz CT molecular complexity index is 703. The van der Waals surface area contributed by atoms with Crippen molar-refractivity contribution in [1.82, 2.24) is 4.90 Å². The molecule has 1 saturated heterocycles. The predicted octanol–water partition coefficient (Wildman–Crippen LogP) is 1.90. The number of benzene rings is 1. The van der Waals surface area contributed by atoms with Crippen LogP contribution in [0.2, 0.25) is 0 Å². The SMILES string of the molecule is O=C(CSc1cccc[n+]1[O-])N1CCN(c2ccc(F)cc2)CC1. The molecule has 0 unspecified atom stereocenters. The average molecular weight is 347 g/mol. The number of piperazine rings is 1. The number of nitrogens with zero attached hydrogens (tertiary/aromatic N) is 3. The van der Waals surface area contributed by atoms with Gasteiger partial charge in [-0.15, -0.1) is 0 Å². The fourth-order valence-corrected chi connectivity index (χ4v) is 3.43. The van der Waals surface area contributed by atoms with Gasteiger partial charge < -0.3 is 15.0 Å². The van der Waals surface area contributed by atoms with Crippen LogP contribution in [0.5, 0.6) is 0 Å². The zero-order valence-electron chi connectivity index (χ0n) is 13.1. The number of hydrogen-bond acceptors (Lipinski definition) is 4.